The number of hydrogen-bond donors (Lipinski definition) is 1. The van der Waals surface area contributed by atoms with E-state index in [9.17, 15) is 9.59 Å². The van der Waals surface area contributed by atoms with Crippen molar-refractivity contribution >= 4 is 39.1 Å². The van der Waals surface area contributed by atoms with Gasteiger partial charge in [-0.25, -0.2) is 0 Å². The molecule has 1 saturated heterocycles. The molecule has 1 unspecified atom stereocenters. The summed E-state index contributed by atoms with van der Waals surface area (Å²) < 4.78 is 11.5. The van der Waals surface area contributed by atoms with Gasteiger partial charge < -0.3 is 19.7 Å². The number of carbonyl (C=O) groups excluding carboxylic acids is 2. The fourth-order valence-corrected chi connectivity index (χ4v) is 3.34. The minimum atomic E-state index is -0.408. The molecule has 0 aromatic heterocycles. The fourth-order valence-electron chi connectivity index (χ4n) is 3.09. The van der Waals surface area contributed by atoms with Gasteiger partial charge in [-0.3, -0.25) is 9.59 Å². The SMILES string of the molecule is COc1ccc(N2CC(C(=O)Nc3ccc(Br)c(C)c3)CC2=O)cc1OC. The van der Waals surface area contributed by atoms with Gasteiger partial charge in [-0.15, -0.1) is 0 Å². The van der Waals surface area contributed by atoms with Crippen LogP contribution in [0.25, 0.3) is 0 Å². The molecule has 142 valence electrons. The van der Waals surface area contributed by atoms with Gasteiger partial charge in [-0.1, -0.05) is 15.9 Å². The van der Waals surface area contributed by atoms with Crippen LogP contribution in [0.4, 0.5) is 11.4 Å². The van der Waals surface area contributed by atoms with E-state index in [0.29, 0.717) is 23.7 Å². The standard InChI is InChI=1S/C20H21BrN2O4/c1-12-8-14(4-6-16(12)21)22-20(25)13-9-19(24)23(11-13)15-5-7-17(26-2)18(10-15)27-3/h4-8,10,13H,9,11H2,1-3H3,(H,22,25). The van der Waals surface area contributed by atoms with Gasteiger partial charge in [0.05, 0.1) is 20.1 Å². The van der Waals surface area contributed by atoms with E-state index in [2.05, 4.69) is 21.2 Å². The molecule has 0 bridgehead atoms. The highest BCUT2D eigenvalue weighted by molar-refractivity contribution is 9.10. The topological polar surface area (TPSA) is 67.9 Å². The quantitative estimate of drug-likeness (QED) is 0.780. The molecule has 0 spiro atoms. The lowest BCUT2D eigenvalue weighted by molar-refractivity contribution is -0.122. The van der Waals surface area contributed by atoms with Crippen molar-refractivity contribution in [2.45, 2.75) is 13.3 Å². The highest BCUT2D eigenvalue weighted by Crippen LogP contribution is 2.34. The Morgan fingerprint density at radius 1 is 1.15 bits per heavy atom. The Bertz CT molecular complexity index is 884. The van der Waals surface area contributed by atoms with E-state index in [4.69, 9.17) is 9.47 Å². The van der Waals surface area contributed by atoms with Gasteiger partial charge in [0.1, 0.15) is 0 Å². The largest absolute Gasteiger partial charge is 0.493 e. The Morgan fingerprint density at radius 3 is 2.56 bits per heavy atom. The van der Waals surface area contributed by atoms with Crippen LogP contribution >= 0.6 is 15.9 Å². The molecule has 27 heavy (non-hydrogen) atoms. The van der Waals surface area contributed by atoms with Gasteiger partial charge in [0.25, 0.3) is 0 Å². The first-order valence-corrected chi connectivity index (χ1v) is 9.31. The molecule has 1 aliphatic heterocycles. The van der Waals surface area contributed by atoms with Gasteiger partial charge in [-0.05, 0) is 42.8 Å². The molecule has 2 aromatic carbocycles. The normalized spacial score (nSPS) is 16.4. The summed E-state index contributed by atoms with van der Waals surface area (Å²) in [6.07, 6.45) is 0.176. The smallest absolute Gasteiger partial charge is 0.229 e. The Labute approximate surface area is 166 Å². The van der Waals surface area contributed by atoms with E-state index in [1.807, 2.05) is 25.1 Å². The van der Waals surface area contributed by atoms with E-state index < -0.39 is 5.92 Å². The molecule has 1 heterocycles. The molecule has 1 aliphatic rings. The highest BCUT2D eigenvalue weighted by atomic mass is 79.9. The summed E-state index contributed by atoms with van der Waals surface area (Å²) in [6, 6.07) is 10.9. The van der Waals surface area contributed by atoms with E-state index in [-0.39, 0.29) is 18.2 Å². The average molecular weight is 433 g/mol. The Hall–Kier alpha value is -2.54. The second-order valence-electron chi connectivity index (χ2n) is 6.40. The number of nitrogens with zero attached hydrogens (tertiary/aromatic N) is 1. The number of aryl methyl sites for hydroxylation is 1. The summed E-state index contributed by atoms with van der Waals surface area (Å²) in [5.74, 6) is 0.478. The van der Waals surface area contributed by atoms with Crippen LogP contribution in [0.5, 0.6) is 11.5 Å². The Morgan fingerprint density at radius 2 is 1.89 bits per heavy atom. The minimum absolute atomic E-state index is 0.0886. The molecule has 2 aromatic rings. The lowest BCUT2D eigenvalue weighted by atomic mass is 10.1. The first kappa shape index (κ1) is 19.2. The van der Waals surface area contributed by atoms with E-state index in [0.717, 1.165) is 15.7 Å². The van der Waals surface area contributed by atoms with E-state index in [1.165, 1.54) is 0 Å². The van der Waals surface area contributed by atoms with Crippen LogP contribution in [0, 0.1) is 12.8 Å². The van der Waals surface area contributed by atoms with Crippen molar-refractivity contribution in [1.29, 1.82) is 0 Å². The molecule has 1 atom stereocenters. The molecule has 7 heteroatoms. The summed E-state index contributed by atoms with van der Waals surface area (Å²) in [4.78, 5) is 26.7. The number of rotatable bonds is 5. The molecule has 3 rings (SSSR count). The third-order valence-corrected chi connectivity index (χ3v) is 5.49. The van der Waals surface area contributed by atoms with Crippen LogP contribution in [-0.4, -0.2) is 32.6 Å². The summed E-state index contributed by atoms with van der Waals surface area (Å²) in [6.45, 7) is 2.29. The summed E-state index contributed by atoms with van der Waals surface area (Å²) >= 11 is 3.44. The predicted molar refractivity (Wildman–Crippen MR) is 108 cm³/mol. The monoisotopic (exact) mass is 432 g/mol. The number of methoxy groups -OCH3 is 2. The fraction of sp³-hybridized carbons (Fsp3) is 0.300. The van der Waals surface area contributed by atoms with Crippen LogP contribution in [0.2, 0.25) is 0 Å². The third kappa shape index (κ3) is 4.08. The molecular weight excluding hydrogens is 412 g/mol. The van der Waals surface area contributed by atoms with Gasteiger partial charge in [-0.2, -0.15) is 0 Å². The zero-order valence-corrected chi connectivity index (χ0v) is 17.0. The number of anilines is 2. The molecule has 0 radical (unpaired) electrons. The van der Waals surface area contributed by atoms with E-state index >= 15 is 0 Å². The van der Waals surface area contributed by atoms with Gasteiger partial charge >= 0.3 is 0 Å². The highest BCUT2D eigenvalue weighted by Gasteiger charge is 2.35. The van der Waals surface area contributed by atoms with Crippen molar-refractivity contribution in [3.63, 3.8) is 0 Å². The number of amides is 2. The van der Waals surface area contributed by atoms with Crippen molar-refractivity contribution in [2.75, 3.05) is 31.0 Å². The predicted octanol–water partition coefficient (Wildman–Crippen LogP) is 3.77. The van der Waals surface area contributed by atoms with Crippen LogP contribution in [-0.2, 0) is 9.59 Å². The number of benzene rings is 2. The molecule has 2 amide bonds. The van der Waals surface area contributed by atoms with Gasteiger partial charge in [0, 0.05) is 34.9 Å². The number of ether oxygens (including phenoxy) is 2. The lowest BCUT2D eigenvalue weighted by Crippen LogP contribution is -2.28. The van der Waals surface area contributed by atoms with Crippen molar-refractivity contribution in [3.05, 3.63) is 46.4 Å². The van der Waals surface area contributed by atoms with Crippen LogP contribution in [0.15, 0.2) is 40.9 Å². The maximum atomic E-state index is 12.6. The van der Waals surface area contributed by atoms with Crippen molar-refractivity contribution in [3.8, 4) is 11.5 Å². The lowest BCUT2D eigenvalue weighted by Gasteiger charge is -2.18. The van der Waals surface area contributed by atoms with Crippen molar-refractivity contribution in [2.24, 2.45) is 5.92 Å². The minimum Gasteiger partial charge on any atom is -0.493 e. The molecule has 0 aliphatic carbocycles. The average Bonchev–Trinajstić information content (AvgIpc) is 3.06. The molecular formula is C20H21BrN2O4. The van der Waals surface area contributed by atoms with Crippen LogP contribution in [0.3, 0.4) is 0 Å². The van der Waals surface area contributed by atoms with Crippen molar-refractivity contribution in [1.82, 2.24) is 0 Å². The van der Waals surface area contributed by atoms with Crippen LogP contribution < -0.4 is 19.7 Å². The summed E-state index contributed by atoms with van der Waals surface area (Å²) in [5, 5.41) is 2.90. The zero-order valence-electron chi connectivity index (χ0n) is 15.4. The summed E-state index contributed by atoms with van der Waals surface area (Å²) in [7, 11) is 3.10. The zero-order chi connectivity index (χ0) is 19.6. The number of halogens is 1. The number of hydrogen-bond acceptors (Lipinski definition) is 4. The molecule has 1 fully saturated rings. The van der Waals surface area contributed by atoms with E-state index in [1.54, 1.807) is 37.3 Å². The van der Waals surface area contributed by atoms with Crippen molar-refractivity contribution < 1.29 is 19.1 Å². The van der Waals surface area contributed by atoms with Gasteiger partial charge in [0.15, 0.2) is 11.5 Å². The number of nitrogens with one attached hydrogen (secondary N) is 1. The summed E-state index contributed by atoms with van der Waals surface area (Å²) in [5.41, 5.74) is 2.44. The number of carbonyl (C=O) groups is 2. The van der Waals surface area contributed by atoms with Crippen LogP contribution in [0.1, 0.15) is 12.0 Å². The van der Waals surface area contributed by atoms with Gasteiger partial charge in [0.2, 0.25) is 11.8 Å². The second kappa shape index (κ2) is 8.00. The first-order valence-electron chi connectivity index (χ1n) is 8.52. The molecule has 1 N–H and O–H groups in total. The Balaban J connectivity index is 1.73. The molecule has 6 nitrogen and oxygen atoms in total. The second-order valence-corrected chi connectivity index (χ2v) is 7.25. The Kier molecular flexibility index (Phi) is 5.70. The maximum absolute atomic E-state index is 12.6. The first-order chi connectivity index (χ1) is 12.9. The third-order valence-electron chi connectivity index (χ3n) is 4.60. The molecule has 0 saturated carbocycles. The maximum Gasteiger partial charge on any atom is 0.229 e.